The first-order valence-corrected chi connectivity index (χ1v) is 13.0. The van der Waals surface area contributed by atoms with E-state index in [1.165, 1.54) is 0 Å². The molecular weight excluding hydrogens is 412 g/mol. The Bertz CT molecular complexity index is 609. The SMILES string of the molecule is O=P(O)(O)/C=C/CC(CCCCP(=O)(O)O)(P(=O)(O)O)P(=O)(O)O. The zero-order valence-corrected chi connectivity index (χ0v) is 15.8. The van der Waals surface area contributed by atoms with E-state index in [1.54, 1.807) is 0 Å². The molecule has 0 heterocycles. The maximum absolute atomic E-state index is 11.7. The van der Waals surface area contributed by atoms with Crippen LogP contribution in [-0.2, 0) is 18.3 Å². The molecule has 0 saturated heterocycles. The third kappa shape index (κ3) is 8.15. The van der Waals surface area contributed by atoms with Crippen LogP contribution in [0.5, 0.6) is 0 Å². The molecule has 0 aliphatic carbocycles. The van der Waals surface area contributed by atoms with Gasteiger partial charge in [0.05, 0.1) is 0 Å². The Labute approximate surface area is 137 Å². The largest absolute Gasteiger partial charge is 0.348 e. The van der Waals surface area contributed by atoms with Gasteiger partial charge in [-0.1, -0.05) is 12.5 Å². The van der Waals surface area contributed by atoms with Gasteiger partial charge < -0.3 is 39.1 Å². The second-order valence-electron chi connectivity index (χ2n) is 5.09. The van der Waals surface area contributed by atoms with Crippen LogP contribution >= 0.6 is 30.4 Å². The summed E-state index contributed by atoms with van der Waals surface area (Å²) in [7, 11) is -20.0. The van der Waals surface area contributed by atoms with Crippen molar-refractivity contribution in [3.05, 3.63) is 11.9 Å². The standard InChI is InChI=1S/C8H20O12P4/c9-21(10,11)6-2-1-4-8(23(15,16)17,24(18,19)20)5-3-7-22(12,13)14/h3,7H,1-2,4-6H2,(H2,9,10,11)(H2,12,13,14)(H2,15,16,17)(H2,18,19,20)/b7-3+. The van der Waals surface area contributed by atoms with Crippen molar-refractivity contribution in [2.45, 2.75) is 30.6 Å². The quantitative estimate of drug-likeness (QED) is 0.174. The molecule has 0 rings (SSSR count). The van der Waals surface area contributed by atoms with Gasteiger partial charge in [0.2, 0.25) is 0 Å². The molecule has 16 heteroatoms. The fourth-order valence-electron chi connectivity index (χ4n) is 1.91. The molecule has 0 amide bonds. The number of unbranched alkanes of at least 4 members (excludes halogenated alkanes) is 1. The van der Waals surface area contributed by atoms with E-state index in [-0.39, 0.29) is 18.7 Å². The minimum absolute atomic E-state index is 0.256. The molecule has 12 nitrogen and oxygen atoms in total. The Morgan fingerprint density at radius 3 is 1.54 bits per heavy atom. The van der Waals surface area contributed by atoms with E-state index in [4.69, 9.17) is 19.6 Å². The van der Waals surface area contributed by atoms with Gasteiger partial charge in [0.1, 0.15) is 0 Å². The first kappa shape index (κ1) is 24.3. The molecule has 8 N–H and O–H groups in total. The smallest absolute Gasteiger partial charge is 0.324 e. The lowest BCUT2D eigenvalue weighted by atomic mass is 10.1. The van der Waals surface area contributed by atoms with Crippen LogP contribution < -0.4 is 0 Å². The van der Waals surface area contributed by atoms with Crippen molar-refractivity contribution >= 4 is 30.4 Å². The monoisotopic (exact) mass is 432 g/mol. The van der Waals surface area contributed by atoms with Gasteiger partial charge in [0.25, 0.3) is 0 Å². The van der Waals surface area contributed by atoms with E-state index in [0.29, 0.717) is 6.08 Å². The van der Waals surface area contributed by atoms with Gasteiger partial charge >= 0.3 is 30.4 Å². The predicted molar refractivity (Wildman–Crippen MR) is 83.4 cm³/mol. The molecule has 0 bridgehead atoms. The molecule has 0 radical (unpaired) electrons. The zero-order valence-electron chi connectivity index (χ0n) is 12.2. The Kier molecular flexibility index (Phi) is 8.47. The molecule has 0 atom stereocenters. The summed E-state index contributed by atoms with van der Waals surface area (Å²) in [5.74, 6) is 0.267. The minimum atomic E-state index is -5.45. The third-order valence-electron chi connectivity index (χ3n) is 3.11. The minimum Gasteiger partial charge on any atom is -0.324 e. The predicted octanol–water partition coefficient (Wildman–Crippen LogP) is 0.468. The van der Waals surface area contributed by atoms with Crippen LogP contribution in [0.25, 0.3) is 0 Å². The van der Waals surface area contributed by atoms with Gasteiger partial charge in [-0.2, -0.15) is 0 Å². The second kappa shape index (κ2) is 8.35. The maximum Gasteiger partial charge on any atom is 0.348 e. The summed E-state index contributed by atoms with van der Waals surface area (Å²) in [6, 6.07) is 0. The van der Waals surface area contributed by atoms with Crippen molar-refractivity contribution in [1.29, 1.82) is 0 Å². The molecule has 24 heavy (non-hydrogen) atoms. The number of hydrogen-bond acceptors (Lipinski definition) is 4. The van der Waals surface area contributed by atoms with Gasteiger partial charge in [-0.15, -0.1) is 0 Å². The van der Waals surface area contributed by atoms with Crippen molar-refractivity contribution < 1.29 is 57.4 Å². The molecule has 0 saturated carbocycles. The molecule has 144 valence electrons. The van der Waals surface area contributed by atoms with Crippen LogP contribution in [0.15, 0.2) is 11.9 Å². The first-order valence-electron chi connectivity index (χ1n) is 6.30. The Morgan fingerprint density at radius 2 is 1.21 bits per heavy atom. The van der Waals surface area contributed by atoms with E-state index in [2.05, 4.69) is 0 Å². The maximum atomic E-state index is 11.7. The Balaban J connectivity index is 5.52. The van der Waals surface area contributed by atoms with Crippen molar-refractivity contribution in [2.75, 3.05) is 6.16 Å². The lowest BCUT2D eigenvalue weighted by Gasteiger charge is -2.33. The summed E-state index contributed by atoms with van der Waals surface area (Å²) in [6.07, 6.45) is -2.47. The van der Waals surface area contributed by atoms with Crippen molar-refractivity contribution in [3.63, 3.8) is 0 Å². The number of allylic oxidation sites excluding steroid dienone is 1. The molecule has 0 fully saturated rings. The summed E-state index contributed by atoms with van der Waals surface area (Å²) >= 11 is 0. The average molecular weight is 432 g/mol. The van der Waals surface area contributed by atoms with Gasteiger partial charge in [0, 0.05) is 12.0 Å². The lowest BCUT2D eigenvalue weighted by Crippen LogP contribution is -2.28. The van der Waals surface area contributed by atoms with Crippen LogP contribution in [0.3, 0.4) is 0 Å². The van der Waals surface area contributed by atoms with Gasteiger partial charge in [0.15, 0.2) is 4.90 Å². The highest BCUT2D eigenvalue weighted by atomic mass is 31.2. The van der Waals surface area contributed by atoms with Crippen LogP contribution in [0, 0.1) is 0 Å². The number of rotatable bonds is 10. The molecule has 0 unspecified atom stereocenters. The highest BCUT2D eigenvalue weighted by molar-refractivity contribution is 7.72. The molecule has 0 aromatic heterocycles. The van der Waals surface area contributed by atoms with Gasteiger partial charge in [-0.25, -0.2) is 0 Å². The van der Waals surface area contributed by atoms with Crippen molar-refractivity contribution in [3.8, 4) is 0 Å². The Hall–Kier alpha value is 0.340. The van der Waals surface area contributed by atoms with E-state index in [1.807, 2.05) is 0 Å². The van der Waals surface area contributed by atoms with Crippen molar-refractivity contribution in [1.82, 2.24) is 0 Å². The molecule has 0 spiro atoms. The topological polar surface area (TPSA) is 230 Å². The van der Waals surface area contributed by atoms with Gasteiger partial charge in [-0.3, -0.25) is 18.3 Å². The van der Waals surface area contributed by atoms with Gasteiger partial charge in [-0.05, 0) is 19.3 Å². The van der Waals surface area contributed by atoms with E-state index < -0.39 is 54.3 Å². The molecule has 0 aliphatic heterocycles. The van der Waals surface area contributed by atoms with E-state index in [9.17, 15) is 37.8 Å². The second-order valence-corrected chi connectivity index (χ2v) is 12.6. The van der Waals surface area contributed by atoms with Crippen LogP contribution in [0.4, 0.5) is 0 Å². The van der Waals surface area contributed by atoms with Crippen LogP contribution in [-0.4, -0.2) is 50.2 Å². The van der Waals surface area contributed by atoms with E-state index in [0.717, 1.165) is 0 Å². The first-order chi connectivity index (χ1) is 10.4. The van der Waals surface area contributed by atoms with Crippen molar-refractivity contribution in [2.24, 2.45) is 0 Å². The molecule has 0 aliphatic rings. The van der Waals surface area contributed by atoms with E-state index >= 15 is 0 Å². The molecular formula is C8H20O12P4. The molecule has 0 aromatic rings. The summed E-state index contributed by atoms with van der Waals surface area (Å²) < 4.78 is 44.8. The normalized spacial score (nSPS) is 15.2. The van der Waals surface area contributed by atoms with Crippen LogP contribution in [0.1, 0.15) is 25.7 Å². The summed E-state index contributed by atoms with van der Waals surface area (Å²) in [6.45, 7) is 0. The highest BCUT2D eigenvalue weighted by Crippen LogP contribution is 2.72. The zero-order chi connectivity index (χ0) is 19.4. The number of hydrogen-bond donors (Lipinski definition) is 8. The third-order valence-corrected chi connectivity index (χ3v) is 9.15. The highest BCUT2D eigenvalue weighted by Gasteiger charge is 2.58. The fourth-order valence-corrected chi connectivity index (χ4v) is 5.86. The summed E-state index contributed by atoms with van der Waals surface area (Å²) in [5, 5.41) is 0. The summed E-state index contributed by atoms with van der Waals surface area (Å²) in [4.78, 5) is 69.4. The lowest BCUT2D eigenvalue weighted by molar-refractivity contribution is 0.298. The molecule has 0 aromatic carbocycles. The van der Waals surface area contributed by atoms with Crippen LogP contribution in [0.2, 0.25) is 0 Å². The summed E-state index contributed by atoms with van der Waals surface area (Å²) in [5.41, 5.74) is 0. The fraction of sp³-hybridized carbons (Fsp3) is 0.750. The average Bonchev–Trinajstić information content (AvgIpc) is 2.26. The Morgan fingerprint density at radius 1 is 0.750 bits per heavy atom.